The second-order valence-electron chi connectivity index (χ2n) is 24.6. The Balaban J connectivity index is 3.41. The molecule has 0 saturated heterocycles. The molecule has 1 amide bonds. The Morgan fingerprint density at radius 2 is 0.646 bits per heavy atom. The van der Waals surface area contributed by atoms with E-state index in [2.05, 4.69) is 55.6 Å². The Kier molecular flexibility index (Phi) is 66.9. The van der Waals surface area contributed by atoms with Gasteiger partial charge in [-0.15, -0.1) is 0 Å². The van der Waals surface area contributed by atoms with Crippen LogP contribution in [0.3, 0.4) is 0 Å². The molecule has 0 saturated carbocycles. The van der Waals surface area contributed by atoms with Gasteiger partial charge in [-0.2, -0.15) is 0 Å². The van der Waals surface area contributed by atoms with Crippen LogP contribution in [0.4, 0.5) is 0 Å². The van der Waals surface area contributed by atoms with Gasteiger partial charge in [-0.1, -0.05) is 339 Å². The first-order valence-corrected chi connectivity index (χ1v) is 35.7. The summed E-state index contributed by atoms with van der Waals surface area (Å²) in [6, 6.07) is -0.547. The van der Waals surface area contributed by atoms with E-state index < -0.39 is 12.1 Å². The van der Waals surface area contributed by atoms with Gasteiger partial charge in [0.05, 0.1) is 25.4 Å². The van der Waals surface area contributed by atoms with E-state index in [-0.39, 0.29) is 18.5 Å². The number of aliphatic hydroxyl groups is 2. The molecule has 0 aliphatic heterocycles. The van der Waals surface area contributed by atoms with Crippen molar-refractivity contribution in [2.24, 2.45) is 0 Å². The van der Waals surface area contributed by atoms with Crippen LogP contribution in [-0.4, -0.2) is 47.4 Å². The molecule has 0 radical (unpaired) electrons. The second-order valence-corrected chi connectivity index (χ2v) is 24.6. The number of ether oxygens (including phenoxy) is 1. The summed E-state index contributed by atoms with van der Waals surface area (Å²) in [5.41, 5.74) is 0. The minimum absolute atomic E-state index is 0.00151. The first-order chi connectivity index (χ1) is 39.0. The van der Waals surface area contributed by atoms with Gasteiger partial charge in [-0.3, -0.25) is 9.59 Å². The number of hydrogen-bond acceptors (Lipinski definition) is 5. The van der Waals surface area contributed by atoms with Gasteiger partial charge in [-0.25, -0.2) is 0 Å². The van der Waals surface area contributed by atoms with E-state index in [1.165, 1.54) is 308 Å². The fourth-order valence-electron chi connectivity index (χ4n) is 11.2. The number of carbonyl (C=O) groups excluding carboxylic acids is 2. The maximum atomic E-state index is 12.6. The molecule has 6 nitrogen and oxygen atoms in total. The molecule has 0 fully saturated rings. The monoisotopic (exact) mass is 1110 g/mol. The molecule has 0 bridgehead atoms. The third kappa shape index (κ3) is 65.1. The molecular formula is C73H139NO5. The topological polar surface area (TPSA) is 95.9 Å². The van der Waals surface area contributed by atoms with Crippen molar-refractivity contribution in [3.8, 4) is 0 Å². The van der Waals surface area contributed by atoms with Crippen LogP contribution in [0.2, 0.25) is 0 Å². The van der Waals surface area contributed by atoms with Crippen molar-refractivity contribution in [1.82, 2.24) is 5.32 Å². The van der Waals surface area contributed by atoms with Crippen LogP contribution in [0.1, 0.15) is 393 Å². The fraction of sp³-hybridized carbons (Fsp3) is 0.890. The van der Waals surface area contributed by atoms with Crippen LogP contribution in [0.5, 0.6) is 0 Å². The van der Waals surface area contributed by atoms with Crippen molar-refractivity contribution in [2.45, 2.75) is 405 Å². The van der Waals surface area contributed by atoms with Gasteiger partial charge < -0.3 is 20.3 Å². The van der Waals surface area contributed by atoms with Crippen LogP contribution < -0.4 is 5.32 Å². The summed E-state index contributed by atoms with van der Waals surface area (Å²) in [6.07, 6.45) is 87.6. The number of hydrogen-bond donors (Lipinski definition) is 3. The van der Waals surface area contributed by atoms with E-state index in [1.807, 2.05) is 0 Å². The molecule has 6 heteroatoms. The first-order valence-electron chi connectivity index (χ1n) is 35.7. The number of esters is 1. The van der Waals surface area contributed by atoms with Gasteiger partial charge in [0.25, 0.3) is 0 Å². The lowest BCUT2D eigenvalue weighted by molar-refractivity contribution is -0.143. The fourth-order valence-corrected chi connectivity index (χ4v) is 11.2. The minimum Gasteiger partial charge on any atom is -0.466 e. The Hall–Kier alpha value is -1.92. The summed E-state index contributed by atoms with van der Waals surface area (Å²) in [7, 11) is 0. The van der Waals surface area contributed by atoms with Gasteiger partial charge >= 0.3 is 5.97 Å². The molecule has 0 aromatic carbocycles. The number of rotatable bonds is 67. The maximum absolute atomic E-state index is 12.6. The summed E-state index contributed by atoms with van der Waals surface area (Å²) >= 11 is 0. The zero-order valence-electron chi connectivity index (χ0n) is 53.4. The number of carbonyl (C=O) groups is 2. The maximum Gasteiger partial charge on any atom is 0.305 e. The smallest absolute Gasteiger partial charge is 0.305 e. The van der Waals surface area contributed by atoms with Crippen LogP contribution in [-0.2, 0) is 14.3 Å². The highest BCUT2D eigenvalue weighted by Gasteiger charge is 2.20. The molecule has 79 heavy (non-hydrogen) atoms. The van der Waals surface area contributed by atoms with Gasteiger partial charge in [0.2, 0.25) is 5.91 Å². The van der Waals surface area contributed by atoms with Crippen molar-refractivity contribution < 1.29 is 24.5 Å². The molecule has 0 aromatic rings. The zero-order chi connectivity index (χ0) is 57.1. The molecule has 2 unspecified atom stereocenters. The molecular weight excluding hydrogens is 971 g/mol. The third-order valence-electron chi connectivity index (χ3n) is 16.7. The van der Waals surface area contributed by atoms with Crippen molar-refractivity contribution >= 4 is 11.9 Å². The number of aliphatic hydroxyl groups excluding tert-OH is 2. The standard InChI is InChI=1S/C73H139NO5/c1-3-5-7-9-11-13-15-17-19-20-21-22-23-26-29-32-35-38-41-45-49-53-57-61-65-71(76)70(69-75)74-72(77)66-62-58-54-50-46-42-39-36-33-30-27-24-25-28-31-34-37-40-44-48-52-56-60-64-68-79-73(78)67-63-59-55-51-47-43-18-16-14-12-10-8-6-4-2/h10,12,16,18,27,30,70-71,75-76H,3-9,11,13-15,17,19-26,28-29,31-69H2,1-2H3,(H,74,77)/b12-10-,18-16-,30-27-. The SMILES string of the molecule is CCCC/C=C\C/C=C\CCCCCCCC(=O)OCCCCCCCCCCCCCC/C=C\CCCCCCCCCCC(=O)NC(CO)C(O)CCCCCCCCCCCCCCCCCCCCCCCCCC. The molecule has 2 atom stereocenters. The van der Waals surface area contributed by atoms with Gasteiger partial charge in [0.1, 0.15) is 0 Å². The average molecular weight is 1110 g/mol. The quantitative estimate of drug-likeness (QED) is 0.0320. The first kappa shape index (κ1) is 77.1. The molecule has 0 rings (SSSR count). The lowest BCUT2D eigenvalue weighted by atomic mass is 10.0. The van der Waals surface area contributed by atoms with Gasteiger partial charge in [0, 0.05) is 12.8 Å². The second kappa shape index (κ2) is 68.6. The largest absolute Gasteiger partial charge is 0.466 e. The Labute approximate surface area is 494 Å². The molecule has 0 aromatic heterocycles. The lowest BCUT2D eigenvalue weighted by Crippen LogP contribution is -2.45. The summed E-state index contributed by atoms with van der Waals surface area (Å²) in [6.45, 7) is 4.94. The van der Waals surface area contributed by atoms with Crippen molar-refractivity contribution in [1.29, 1.82) is 0 Å². The minimum atomic E-state index is -0.669. The highest BCUT2D eigenvalue weighted by molar-refractivity contribution is 5.76. The summed E-state index contributed by atoms with van der Waals surface area (Å²) in [4.78, 5) is 24.6. The van der Waals surface area contributed by atoms with Gasteiger partial charge in [-0.05, 0) is 77.0 Å². The lowest BCUT2D eigenvalue weighted by Gasteiger charge is -2.22. The third-order valence-corrected chi connectivity index (χ3v) is 16.7. The molecule has 0 spiro atoms. The van der Waals surface area contributed by atoms with Crippen LogP contribution >= 0.6 is 0 Å². The zero-order valence-corrected chi connectivity index (χ0v) is 53.4. The van der Waals surface area contributed by atoms with Crippen molar-refractivity contribution in [3.63, 3.8) is 0 Å². The Morgan fingerprint density at radius 3 is 1.01 bits per heavy atom. The summed E-state index contributed by atoms with van der Waals surface area (Å²) < 4.78 is 5.48. The molecule has 0 aliphatic rings. The number of nitrogens with one attached hydrogen (secondary N) is 1. The number of amides is 1. The number of unbranched alkanes of at least 4 members (excludes halogenated alkanes) is 50. The van der Waals surface area contributed by atoms with Crippen molar-refractivity contribution in [2.75, 3.05) is 13.2 Å². The van der Waals surface area contributed by atoms with Gasteiger partial charge in [0.15, 0.2) is 0 Å². The average Bonchev–Trinajstić information content (AvgIpc) is 3.45. The Bertz CT molecular complexity index is 1280. The molecule has 0 aliphatic carbocycles. The van der Waals surface area contributed by atoms with Crippen LogP contribution in [0, 0.1) is 0 Å². The number of allylic oxidation sites excluding steroid dienone is 6. The highest BCUT2D eigenvalue weighted by atomic mass is 16.5. The van der Waals surface area contributed by atoms with E-state index in [1.54, 1.807) is 0 Å². The van der Waals surface area contributed by atoms with Crippen LogP contribution in [0.25, 0.3) is 0 Å². The Morgan fingerprint density at radius 1 is 0.354 bits per heavy atom. The van der Waals surface area contributed by atoms with E-state index in [0.29, 0.717) is 25.9 Å². The van der Waals surface area contributed by atoms with E-state index in [0.717, 1.165) is 51.4 Å². The van der Waals surface area contributed by atoms with Crippen molar-refractivity contribution in [3.05, 3.63) is 36.5 Å². The highest BCUT2D eigenvalue weighted by Crippen LogP contribution is 2.19. The molecule has 3 N–H and O–H groups in total. The van der Waals surface area contributed by atoms with E-state index in [9.17, 15) is 19.8 Å². The van der Waals surface area contributed by atoms with E-state index >= 15 is 0 Å². The predicted octanol–water partition coefficient (Wildman–Crippen LogP) is 23.1. The predicted molar refractivity (Wildman–Crippen MR) is 347 cm³/mol. The molecule has 466 valence electrons. The normalized spacial score (nSPS) is 12.7. The summed E-state index contributed by atoms with van der Waals surface area (Å²) in [5, 5.41) is 23.4. The summed E-state index contributed by atoms with van der Waals surface area (Å²) in [5.74, 6) is -0.0369. The van der Waals surface area contributed by atoms with Crippen LogP contribution in [0.15, 0.2) is 36.5 Å². The molecule has 0 heterocycles. The van der Waals surface area contributed by atoms with E-state index in [4.69, 9.17) is 4.74 Å².